The molecule has 5 heterocycles. The van der Waals surface area contributed by atoms with Crippen molar-refractivity contribution in [3.63, 3.8) is 0 Å². The molecule has 1 fully saturated rings. The Morgan fingerprint density at radius 2 is 1.97 bits per heavy atom. The molecular formula is C23H20FN9O2. The molecule has 6 rings (SSSR count). The number of halogens is 1. The van der Waals surface area contributed by atoms with E-state index >= 15 is 0 Å². The van der Waals surface area contributed by atoms with E-state index in [0.717, 1.165) is 5.56 Å². The minimum Gasteiger partial charge on any atom is -0.480 e. The number of nitrogens with zero attached hydrogens (tertiary/aromatic N) is 8. The maximum atomic E-state index is 14.4. The Morgan fingerprint density at radius 1 is 1.11 bits per heavy atom. The molecule has 0 saturated carbocycles. The van der Waals surface area contributed by atoms with Gasteiger partial charge in [-0.2, -0.15) is 0 Å². The first-order chi connectivity index (χ1) is 17.2. The highest BCUT2D eigenvalue weighted by molar-refractivity contribution is 6.01. The van der Waals surface area contributed by atoms with Crippen LogP contribution in [0.1, 0.15) is 11.7 Å². The van der Waals surface area contributed by atoms with Crippen LogP contribution in [0.5, 0.6) is 5.88 Å². The van der Waals surface area contributed by atoms with Crippen molar-refractivity contribution < 1.29 is 13.9 Å². The second-order valence-electron chi connectivity index (χ2n) is 8.14. The second kappa shape index (κ2) is 8.40. The van der Waals surface area contributed by atoms with Gasteiger partial charge in [0.15, 0.2) is 0 Å². The number of aromatic nitrogens is 8. The maximum Gasteiger partial charge on any atom is 0.224 e. The van der Waals surface area contributed by atoms with Gasteiger partial charge in [-0.05, 0) is 12.1 Å². The van der Waals surface area contributed by atoms with E-state index in [-0.39, 0.29) is 12.0 Å². The largest absolute Gasteiger partial charge is 0.480 e. The van der Waals surface area contributed by atoms with Crippen LogP contribution >= 0.6 is 0 Å². The first-order valence-corrected chi connectivity index (χ1v) is 10.9. The fourth-order valence-electron chi connectivity index (χ4n) is 4.41. The van der Waals surface area contributed by atoms with Gasteiger partial charge in [-0.15, -0.1) is 5.10 Å². The van der Waals surface area contributed by atoms with Gasteiger partial charge in [0.25, 0.3) is 0 Å². The van der Waals surface area contributed by atoms with Crippen LogP contribution < -0.4 is 10.5 Å². The number of hydrogen-bond donors (Lipinski definition) is 1. The highest BCUT2D eigenvalue weighted by atomic mass is 19.1. The topological polar surface area (TPSA) is 132 Å². The summed E-state index contributed by atoms with van der Waals surface area (Å²) in [5.41, 5.74) is 9.24. The molecule has 35 heavy (non-hydrogen) atoms. The normalized spacial score (nSPS) is 14.7. The summed E-state index contributed by atoms with van der Waals surface area (Å²) in [5, 5.41) is 9.25. The van der Waals surface area contributed by atoms with Gasteiger partial charge >= 0.3 is 0 Å². The number of fused-ring (bicyclic) bond motifs is 1. The molecule has 1 saturated heterocycles. The van der Waals surface area contributed by atoms with Crippen LogP contribution in [-0.4, -0.2) is 59.8 Å². The summed E-state index contributed by atoms with van der Waals surface area (Å²) in [6.45, 7) is 1.06. The van der Waals surface area contributed by atoms with Gasteiger partial charge < -0.3 is 19.8 Å². The highest BCUT2D eigenvalue weighted by Crippen LogP contribution is 2.41. The van der Waals surface area contributed by atoms with Crippen LogP contribution in [-0.2, 0) is 4.74 Å². The fraction of sp³-hybridized carbons (Fsp3) is 0.217. The monoisotopic (exact) mass is 473 g/mol. The van der Waals surface area contributed by atoms with Crippen LogP contribution in [0.3, 0.4) is 0 Å². The molecule has 1 atom stereocenters. The van der Waals surface area contributed by atoms with Crippen molar-refractivity contribution in [2.45, 2.75) is 6.04 Å². The number of para-hydroxylation sites is 1. The summed E-state index contributed by atoms with van der Waals surface area (Å²) in [5.74, 6) is 0.414. The van der Waals surface area contributed by atoms with Crippen molar-refractivity contribution in [3.8, 4) is 22.7 Å². The summed E-state index contributed by atoms with van der Waals surface area (Å²) in [6, 6.07) is 6.11. The summed E-state index contributed by atoms with van der Waals surface area (Å²) < 4.78 is 28.8. The highest BCUT2D eigenvalue weighted by Gasteiger charge is 2.35. The smallest absolute Gasteiger partial charge is 0.224 e. The lowest BCUT2D eigenvalue weighted by molar-refractivity contribution is -0.0496. The molecule has 0 amide bonds. The molecule has 1 aliphatic heterocycles. The van der Waals surface area contributed by atoms with Gasteiger partial charge in [0, 0.05) is 23.9 Å². The van der Waals surface area contributed by atoms with Crippen LogP contribution in [0.15, 0.2) is 55.5 Å². The van der Waals surface area contributed by atoms with Crippen molar-refractivity contribution in [1.29, 1.82) is 0 Å². The van der Waals surface area contributed by atoms with E-state index < -0.39 is 5.82 Å². The number of ether oxygens (including phenoxy) is 2. The van der Waals surface area contributed by atoms with Crippen molar-refractivity contribution in [1.82, 2.24) is 39.5 Å². The fourth-order valence-corrected chi connectivity index (χ4v) is 4.41. The van der Waals surface area contributed by atoms with Gasteiger partial charge in [-0.25, -0.2) is 29.0 Å². The molecule has 12 heteroatoms. The molecule has 11 nitrogen and oxygen atoms in total. The van der Waals surface area contributed by atoms with Crippen molar-refractivity contribution in [3.05, 3.63) is 67.0 Å². The van der Waals surface area contributed by atoms with Crippen LogP contribution in [0.2, 0.25) is 0 Å². The maximum absolute atomic E-state index is 14.4. The standard InChI is InChI=1S/C23H20FN9O2/c1-34-23-14(6-26-11-29-23)15-7-32(22-19(15)21(25)27-12-28-22)20(13-9-35-10-13)17-8-33(31-30-17)18-5-3-2-4-16(18)24/h2-8,11-13,20H,9-10H2,1H3,(H2,25,27,28). The lowest BCUT2D eigenvalue weighted by atomic mass is 9.95. The first-order valence-electron chi connectivity index (χ1n) is 10.9. The Kier molecular flexibility index (Phi) is 5.07. The minimum atomic E-state index is -0.391. The molecule has 1 aromatic carbocycles. The molecule has 1 unspecified atom stereocenters. The van der Waals surface area contributed by atoms with Crippen molar-refractivity contribution in [2.24, 2.45) is 5.92 Å². The average Bonchev–Trinajstić information content (AvgIpc) is 3.48. The Morgan fingerprint density at radius 3 is 2.74 bits per heavy atom. The number of nitrogens with two attached hydrogens (primary N) is 1. The molecule has 2 N–H and O–H groups in total. The van der Waals surface area contributed by atoms with Crippen LogP contribution in [0, 0.1) is 11.7 Å². The van der Waals surface area contributed by atoms with Crippen LogP contribution in [0.25, 0.3) is 27.8 Å². The number of rotatable bonds is 6. The Balaban J connectivity index is 1.54. The second-order valence-corrected chi connectivity index (χ2v) is 8.14. The quantitative estimate of drug-likeness (QED) is 0.395. The number of nitrogen functional groups attached to an aromatic ring is 1. The number of anilines is 1. The van der Waals surface area contributed by atoms with Crippen molar-refractivity contribution in [2.75, 3.05) is 26.1 Å². The first kappa shape index (κ1) is 21.1. The average molecular weight is 473 g/mol. The van der Waals surface area contributed by atoms with E-state index in [9.17, 15) is 4.39 Å². The zero-order valence-electron chi connectivity index (χ0n) is 18.6. The summed E-state index contributed by atoms with van der Waals surface area (Å²) >= 11 is 0. The van der Waals surface area contributed by atoms with E-state index in [1.165, 1.54) is 23.4 Å². The molecule has 5 aromatic rings. The summed E-state index contributed by atoms with van der Waals surface area (Å²) in [6.07, 6.45) is 8.14. The summed E-state index contributed by atoms with van der Waals surface area (Å²) in [4.78, 5) is 17.1. The zero-order valence-corrected chi connectivity index (χ0v) is 18.6. The molecule has 176 valence electrons. The number of methoxy groups -OCH3 is 1. The van der Waals surface area contributed by atoms with Crippen molar-refractivity contribution >= 4 is 16.9 Å². The molecule has 4 aromatic heterocycles. The Hall–Kier alpha value is -4.45. The summed E-state index contributed by atoms with van der Waals surface area (Å²) in [7, 11) is 1.54. The molecule has 1 aliphatic rings. The van der Waals surface area contributed by atoms with E-state index in [4.69, 9.17) is 15.2 Å². The van der Waals surface area contributed by atoms with Gasteiger partial charge in [0.05, 0.1) is 43.5 Å². The molecule has 0 spiro atoms. The molecule has 0 aliphatic carbocycles. The van der Waals surface area contributed by atoms with E-state index in [1.807, 2.05) is 10.8 Å². The van der Waals surface area contributed by atoms with Gasteiger partial charge in [0.1, 0.15) is 41.3 Å². The Bertz CT molecular complexity index is 1530. The Labute approximate surface area is 198 Å². The van der Waals surface area contributed by atoms with E-state index in [2.05, 4.69) is 30.2 Å². The van der Waals surface area contributed by atoms with Gasteiger partial charge in [0.2, 0.25) is 5.88 Å². The lowest BCUT2D eigenvalue weighted by Gasteiger charge is -2.33. The predicted octanol–water partition coefficient (Wildman–Crippen LogP) is 2.43. The molecule has 0 radical (unpaired) electrons. The number of hydrogen-bond acceptors (Lipinski definition) is 9. The zero-order chi connectivity index (χ0) is 23.9. The van der Waals surface area contributed by atoms with E-state index in [0.29, 0.717) is 52.9 Å². The minimum absolute atomic E-state index is 0.0920. The molecule has 0 bridgehead atoms. The third-order valence-electron chi connectivity index (χ3n) is 6.12. The predicted molar refractivity (Wildman–Crippen MR) is 123 cm³/mol. The van der Waals surface area contributed by atoms with E-state index in [1.54, 1.807) is 37.7 Å². The SMILES string of the molecule is COc1ncncc1-c1cn(C(c2cn(-c3ccccc3F)nn2)C2COC2)c2ncnc(N)c12. The number of benzene rings is 1. The lowest BCUT2D eigenvalue weighted by Crippen LogP contribution is -2.36. The van der Waals surface area contributed by atoms with Gasteiger partial charge in [-0.3, -0.25) is 0 Å². The van der Waals surface area contributed by atoms with Gasteiger partial charge in [-0.1, -0.05) is 17.3 Å². The third-order valence-corrected chi connectivity index (χ3v) is 6.12. The third kappa shape index (κ3) is 3.46. The van der Waals surface area contributed by atoms with Crippen LogP contribution in [0.4, 0.5) is 10.2 Å². The molecular weight excluding hydrogens is 453 g/mol.